The normalized spacial score (nSPS) is 13.3. The van der Waals surface area contributed by atoms with E-state index in [-0.39, 0.29) is 0 Å². The van der Waals surface area contributed by atoms with Gasteiger partial charge in [-0.25, -0.2) is 4.98 Å². The van der Waals surface area contributed by atoms with E-state index >= 15 is 0 Å². The lowest BCUT2D eigenvalue weighted by Gasteiger charge is -2.14. The van der Waals surface area contributed by atoms with Crippen LogP contribution in [0.4, 0.5) is 0 Å². The third-order valence-corrected chi connectivity index (χ3v) is 2.53. The Bertz CT molecular complexity index is 296. The summed E-state index contributed by atoms with van der Waals surface area (Å²) in [7, 11) is 1.73. The van der Waals surface area contributed by atoms with E-state index in [2.05, 4.69) is 35.6 Å². The minimum atomic E-state index is 0.399. The van der Waals surface area contributed by atoms with Crippen LogP contribution < -0.4 is 5.32 Å². The zero-order chi connectivity index (χ0) is 12.0. The number of methoxy groups -OCH3 is 1. The molecule has 0 aliphatic heterocycles. The number of ether oxygens (including phenoxy) is 1. The van der Waals surface area contributed by atoms with E-state index in [1.165, 1.54) is 0 Å². The van der Waals surface area contributed by atoms with Gasteiger partial charge in [-0.2, -0.15) is 0 Å². The molecule has 1 unspecified atom stereocenters. The molecule has 16 heavy (non-hydrogen) atoms. The maximum Gasteiger partial charge on any atom is 0.111 e. The van der Waals surface area contributed by atoms with Gasteiger partial charge in [0.15, 0.2) is 0 Å². The van der Waals surface area contributed by atoms with Crippen molar-refractivity contribution in [2.45, 2.75) is 39.3 Å². The van der Waals surface area contributed by atoms with Gasteiger partial charge in [0.1, 0.15) is 5.82 Å². The second kappa shape index (κ2) is 6.66. The highest BCUT2D eigenvalue weighted by atomic mass is 16.5. The van der Waals surface area contributed by atoms with Crippen LogP contribution in [0.1, 0.15) is 32.5 Å². The van der Waals surface area contributed by atoms with Gasteiger partial charge < -0.3 is 14.6 Å². The number of nitrogens with one attached hydrogen (secondary N) is 1. The first-order valence-corrected chi connectivity index (χ1v) is 5.88. The monoisotopic (exact) mass is 225 g/mol. The number of imidazole rings is 1. The van der Waals surface area contributed by atoms with Crippen LogP contribution >= 0.6 is 0 Å². The summed E-state index contributed by atoms with van der Waals surface area (Å²) in [5.74, 6) is 1.63. The molecule has 0 radical (unpaired) electrons. The molecule has 1 rings (SSSR count). The van der Waals surface area contributed by atoms with E-state index in [9.17, 15) is 0 Å². The van der Waals surface area contributed by atoms with Crippen LogP contribution in [0.25, 0.3) is 0 Å². The molecule has 0 aliphatic rings. The van der Waals surface area contributed by atoms with E-state index in [1.54, 1.807) is 7.11 Å². The fourth-order valence-electron chi connectivity index (χ4n) is 1.75. The van der Waals surface area contributed by atoms with Crippen molar-refractivity contribution in [1.82, 2.24) is 14.9 Å². The van der Waals surface area contributed by atoms with Crippen molar-refractivity contribution in [2.24, 2.45) is 0 Å². The molecular formula is C12H23N3O. The molecule has 1 heterocycles. The fourth-order valence-corrected chi connectivity index (χ4v) is 1.75. The predicted molar refractivity (Wildman–Crippen MR) is 65.7 cm³/mol. The Morgan fingerprint density at radius 1 is 1.44 bits per heavy atom. The molecule has 0 saturated carbocycles. The highest BCUT2D eigenvalue weighted by Gasteiger charge is 2.06. The maximum atomic E-state index is 5.07. The molecule has 0 saturated heterocycles. The molecule has 4 heteroatoms. The Labute approximate surface area is 98.0 Å². The molecule has 1 atom stereocenters. The zero-order valence-electron chi connectivity index (χ0n) is 10.7. The standard InChI is InChI=1S/C12H23N3O/c1-10(2)12-14-6-8-15(12)7-5-13-11(3)9-16-4/h6,8,10-11,13H,5,7,9H2,1-4H3. The lowest BCUT2D eigenvalue weighted by atomic mass is 10.2. The summed E-state index contributed by atoms with van der Waals surface area (Å²) in [6.45, 7) is 9.11. The highest BCUT2D eigenvalue weighted by molar-refractivity contribution is 4.97. The van der Waals surface area contributed by atoms with Crippen LogP contribution in [0.3, 0.4) is 0 Å². The van der Waals surface area contributed by atoms with Crippen LogP contribution in [0.5, 0.6) is 0 Å². The number of rotatable bonds is 7. The number of hydrogen-bond donors (Lipinski definition) is 1. The number of nitrogens with zero attached hydrogens (tertiary/aromatic N) is 2. The molecule has 0 aliphatic carbocycles. The van der Waals surface area contributed by atoms with Gasteiger partial charge in [0.2, 0.25) is 0 Å². The first-order valence-electron chi connectivity index (χ1n) is 5.88. The number of hydrogen-bond acceptors (Lipinski definition) is 3. The summed E-state index contributed by atoms with van der Waals surface area (Å²) in [6, 6.07) is 0.399. The predicted octanol–water partition coefficient (Wildman–Crippen LogP) is 1.63. The van der Waals surface area contributed by atoms with Crippen LogP contribution in [-0.4, -0.2) is 35.9 Å². The van der Waals surface area contributed by atoms with Crippen molar-refractivity contribution in [3.63, 3.8) is 0 Å². The molecule has 0 spiro atoms. The van der Waals surface area contributed by atoms with Gasteiger partial charge in [0.25, 0.3) is 0 Å². The second-order valence-corrected chi connectivity index (χ2v) is 4.44. The molecular weight excluding hydrogens is 202 g/mol. The summed E-state index contributed by atoms with van der Waals surface area (Å²) in [5.41, 5.74) is 0. The Morgan fingerprint density at radius 2 is 2.19 bits per heavy atom. The smallest absolute Gasteiger partial charge is 0.111 e. The van der Waals surface area contributed by atoms with E-state index < -0.39 is 0 Å². The van der Waals surface area contributed by atoms with Gasteiger partial charge in [-0.1, -0.05) is 13.8 Å². The summed E-state index contributed by atoms with van der Waals surface area (Å²) in [6.07, 6.45) is 3.91. The van der Waals surface area contributed by atoms with E-state index in [0.717, 1.165) is 25.5 Å². The molecule has 1 aromatic rings. The topological polar surface area (TPSA) is 39.1 Å². The van der Waals surface area contributed by atoms with E-state index in [4.69, 9.17) is 4.74 Å². The van der Waals surface area contributed by atoms with Crippen molar-refractivity contribution < 1.29 is 4.74 Å². The van der Waals surface area contributed by atoms with Crippen LogP contribution in [0, 0.1) is 0 Å². The number of aromatic nitrogens is 2. The minimum absolute atomic E-state index is 0.399. The van der Waals surface area contributed by atoms with Crippen molar-refractivity contribution in [3.8, 4) is 0 Å². The first-order chi connectivity index (χ1) is 7.65. The summed E-state index contributed by atoms with van der Waals surface area (Å²) in [4.78, 5) is 4.36. The Morgan fingerprint density at radius 3 is 2.81 bits per heavy atom. The maximum absolute atomic E-state index is 5.07. The average molecular weight is 225 g/mol. The van der Waals surface area contributed by atoms with Gasteiger partial charge >= 0.3 is 0 Å². The molecule has 92 valence electrons. The Hall–Kier alpha value is -0.870. The third kappa shape index (κ3) is 3.94. The lowest BCUT2D eigenvalue weighted by molar-refractivity contribution is 0.172. The average Bonchev–Trinajstić information content (AvgIpc) is 2.66. The minimum Gasteiger partial charge on any atom is -0.383 e. The molecule has 0 bridgehead atoms. The van der Waals surface area contributed by atoms with Crippen molar-refractivity contribution in [1.29, 1.82) is 0 Å². The lowest BCUT2D eigenvalue weighted by Crippen LogP contribution is -2.32. The molecule has 1 aromatic heterocycles. The summed E-state index contributed by atoms with van der Waals surface area (Å²) in [5, 5.41) is 3.41. The Kier molecular flexibility index (Phi) is 5.49. The molecule has 0 aromatic carbocycles. The van der Waals surface area contributed by atoms with Crippen molar-refractivity contribution in [3.05, 3.63) is 18.2 Å². The molecule has 0 fully saturated rings. The van der Waals surface area contributed by atoms with Crippen molar-refractivity contribution in [2.75, 3.05) is 20.3 Å². The van der Waals surface area contributed by atoms with Crippen LogP contribution in [-0.2, 0) is 11.3 Å². The molecule has 0 amide bonds. The van der Waals surface area contributed by atoms with Crippen molar-refractivity contribution >= 4 is 0 Å². The zero-order valence-corrected chi connectivity index (χ0v) is 10.7. The van der Waals surface area contributed by atoms with Crippen LogP contribution in [0.2, 0.25) is 0 Å². The third-order valence-electron chi connectivity index (χ3n) is 2.53. The first kappa shape index (κ1) is 13.2. The van der Waals surface area contributed by atoms with E-state index in [1.807, 2.05) is 12.4 Å². The molecule has 4 nitrogen and oxygen atoms in total. The van der Waals surface area contributed by atoms with Gasteiger partial charge in [-0.3, -0.25) is 0 Å². The summed E-state index contributed by atoms with van der Waals surface area (Å²) >= 11 is 0. The highest BCUT2D eigenvalue weighted by Crippen LogP contribution is 2.10. The Balaban J connectivity index is 2.34. The van der Waals surface area contributed by atoms with Crippen LogP contribution in [0.15, 0.2) is 12.4 Å². The van der Waals surface area contributed by atoms with Gasteiger partial charge in [0.05, 0.1) is 6.61 Å². The molecule has 1 N–H and O–H groups in total. The summed E-state index contributed by atoms with van der Waals surface area (Å²) < 4.78 is 7.28. The van der Waals surface area contributed by atoms with Gasteiger partial charge in [-0.15, -0.1) is 0 Å². The quantitative estimate of drug-likeness (QED) is 0.766. The SMILES string of the molecule is COCC(C)NCCn1ccnc1C(C)C. The largest absolute Gasteiger partial charge is 0.383 e. The van der Waals surface area contributed by atoms with Gasteiger partial charge in [-0.05, 0) is 6.92 Å². The fraction of sp³-hybridized carbons (Fsp3) is 0.750. The van der Waals surface area contributed by atoms with Gasteiger partial charge in [0, 0.05) is 44.6 Å². The second-order valence-electron chi connectivity index (χ2n) is 4.44. The van der Waals surface area contributed by atoms with E-state index in [0.29, 0.717) is 12.0 Å².